The fourth-order valence-corrected chi connectivity index (χ4v) is 1.35. The zero-order chi connectivity index (χ0) is 9.42. The van der Waals surface area contributed by atoms with Gasteiger partial charge in [0, 0.05) is 22.8 Å². The molecule has 3 nitrogen and oxygen atoms in total. The van der Waals surface area contributed by atoms with Crippen molar-refractivity contribution in [2.24, 2.45) is 0 Å². The molecule has 0 saturated heterocycles. The monoisotopic (exact) mass is 174 g/mol. The number of hydrogen-bond donors (Lipinski definition) is 2. The van der Waals surface area contributed by atoms with E-state index in [0.717, 1.165) is 11.2 Å². The molecule has 0 unspecified atom stereocenters. The van der Waals surface area contributed by atoms with E-state index < -0.39 is 0 Å². The average molecular weight is 174 g/mol. The van der Waals surface area contributed by atoms with Crippen LogP contribution in [0.5, 0.6) is 5.75 Å². The molecule has 2 rings (SSSR count). The molecule has 2 aromatic rings. The van der Waals surface area contributed by atoms with Crippen LogP contribution < -0.4 is 5.73 Å². The first kappa shape index (κ1) is 7.86. The van der Waals surface area contributed by atoms with E-state index in [1.807, 2.05) is 6.92 Å². The number of aromatic hydroxyl groups is 1. The van der Waals surface area contributed by atoms with E-state index in [1.54, 1.807) is 24.3 Å². The number of benzene rings is 1. The van der Waals surface area contributed by atoms with Crippen molar-refractivity contribution < 1.29 is 5.11 Å². The minimum Gasteiger partial charge on any atom is -0.507 e. The molecule has 0 saturated carbocycles. The van der Waals surface area contributed by atoms with Crippen molar-refractivity contribution in [1.82, 2.24) is 4.98 Å². The molecule has 0 radical (unpaired) electrons. The van der Waals surface area contributed by atoms with Gasteiger partial charge < -0.3 is 10.8 Å². The predicted octanol–water partition coefficient (Wildman–Crippen LogP) is 1.83. The van der Waals surface area contributed by atoms with Gasteiger partial charge in [-0.1, -0.05) is 0 Å². The molecule has 3 N–H and O–H groups in total. The lowest BCUT2D eigenvalue weighted by Crippen LogP contribution is -1.87. The number of rotatable bonds is 0. The fourth-order valence-electron chi connectivity index (χ4n) is 1.35. The van der Waals surface area contributed by atoms with Gasteiger partial charge in [0.25, 0.3) is 0 Å². The van der Waals surface area contributed by atoms with Crippen molar-refractivity contribution in [1.29, 1.82) is 0 Å². The van der Waals surface area contributed by atoms with Crippen molar-refractivity contribution in [2.75, 3.05) is 5.73 Å². The van der Waals surface area contributed by atoms with Crippen LogP contribution in [0.25, 0.3) is 10.9 Å². The van der Waals surface area contributed by atoms with Crippen LogP contribution in [-0.2, 0) is 0 Å². The predicted molar refractivity (Wildman–Crippen MR) is 52.6 cm³/mol. The van der Waals surface area contributed by atoms with E-state index in [-0.39, 0.29) is 5.75 Å². The minimum atomic E-state index is 0.231. The van der Waals surface area contributed by atoms with Crippen LogP contribution in [-0.4, -0.2) is 10.1 Å². The topological polar surface area (TPSA) is 59.1 Å². The SMILES string of the molecule is Cc1cc(O)c2cc(N)ccc2n1. The second kappa shape index (κ2) is 2.62. The molecule has 1 aromatic carbocycles. The Morgan fingerprint density at radius 1 is 1.31 bits per heavy atom. The molecule has 66 valence electrons. The van der Waals surface area contributed by atoms with Gasteiger partial charge in [-0.2, -0.15) is 0 Å². The first-order valence-electron chi connectivity index (χ1n) is 4.02. The molecule has 0 amide bonds. The van der Waals surface area contributed by atoms with Crippen molar-refractivity contribution in [2.45, 2.75) is 6.92 Å². The first-order chi connectivity index (χ1) is 6.16. The highest BCUT2D eigenvalue weighted by Crippen LogP contribution is 2.25. The number of nitrogens with two attached hydrogens (primary N) is 1. The summed E-state index contributed by atoms with van der Waals surface area (Å²) in [6.45, 7) is 1.84. The number of nitrogen functional groups attached to an aromatic ring is 1. The number of aromatic nitrogens is 1. The van der Waals surface area contributed by atoms with Gasteiger partial charge in [0.15, 0.2) is 0 Å². The highest BCUT2D eigenvalue weighted by atomic mass is 16.3. The Balaban J connectivity index is 2.87. The quantitative estimate of drug-likeness (QED) is 0.599. The van der Waals surface area contributed by atoms with Crippen LogP contribution >= 0.6 is 0 Å². The number of fused-ring (bicyclic) bond motifs is 1. The van der Waals surface area contributed by atoms with Crippen LogP contribution in [0.4, 0.5) is 5.69 Å². The minimum absolute atomic E-state index is 0.231. The summed E-state index contributed by atoms with van der Waals surface area (Å²) in [5.41, 5.74) is 7.80. The summed E-state index contributed by atoms with van der Waals surface area (Å²) in [4.78, 5) is 4.26. The molecule has 0 atom stereocenters. The van der Waals surface area contributed by atoms with Gasteiger partial charge in [0.05, 0.1) is 5.52 Å². The molecule has 0 aliphatic rings. The third-order valence-electron chi connectivity index (χ3n) is 1.94. The molecule has 1 aromatic heterocycles. The summed E-state index contributed by atoms with van der Waals surface area (Å²) >= 11 is 0. The Kier molecular flexibility index (Phi) is 1.59. The molecule has 0 spiro atoms. The smallest absolute Gasteiger partial charge is 0.126 e. The molecule has 0 bridgehead atoms. The van der Waals surface area contributed by atoms with Gasteiger partial charge in [0.2, 0.25) is 0 Å². The van der Waals surface area contributed by atoms with E-state index in [0.29, 0.717) is 11.1 Å². The Bertz CT molecular complexity index is 466. The average Bonchev–Trinajstić information content (AvgIpc) is 2.06. The summed E-state index contributed by atoms with van der Waals surface area (Å²) < 4.78 is 0. The molecule has 3 heteroatoms. The lowest BCUT2D eigenvalue weighted by Gasteiger charge is -2.02. The largest absolute Gasteiger partial charge is 0.507 e. The Morgan fingerprint density at radius 3 is 2.85 bits per heavy atom. The van der Waals surface area contributed by atoms with Crippen molar-refractivity contribution in [3.63, 3.8) is 0 Å². The number of hydrogen-bond acceptors (Lipinski definition) is 3. The molecule has 1 heterocycles. The molecule has 0 aliphatic carbocycles. The maximum Gasteiger partial charge on any atom is 0.126 e. The van der Waals surface area contributed by atoms with Crippen molar-refractivity contribution in [3.05, 3.63) is 30.0 Å². The van der Waals surface area contributed by atoms with Crippen molar-refractivity contribution >= 4 is 16.6 Å². The summed E-state index contributed by atoms with van der Waals surface area (Å²) in [5, 5.41) is 10.3. The lowest BCUT2D eigenvalue weighted by molar-refractivity contribution is 0.480. The molecule has 0 aliphatic heterocycles. The Hall–Kier alpha value is -1.77. The van der Waals surface area contributed by atoms with E-state index in [1.165, 1.54) is 0 Å². The maximum atomic E-state index is 9.58. The van der Waals surface area contributed by atoms with Gasteiger partial charge in [-0.05, 0) is 25.1 Å². The van der Waals surface area contributed by atoms with Crippen LogP contribution in [0.1, 0.15) is 5.69 Å². The highest BCUT2D eigenvalue weighted by molar-refractivity contribution is 5.87. The number of nitrogens with zero attached hydrogens (tertiary/aromatic N) is 1. The first-order valence-corrected chi connectivity index (χ1v) is 4.02. The van der Waals surface area contributed by atoms with E-state index in [2.05, 4.69) is 4.98 Å². The van der Waals surface area contributed by atoms with Crippen LogP contribution in [0.2, 0.25) is 0 Å². The fraction of sp³-hybridized carbons (Fsp3) is 0.100. The summed E-state index contributed by atoms with van der Waals surface area (Å²) in [5.74, 6) is 0.231. The van der Waals surface area contributed by atoms with Crippen molar-refractivity contribution in [3.8, 4) is 5.75 Å². The molecule has 0 fully saturated rings. The molecular weight excluding hydrogens is 164 g/mol. The normalized spacial score (nSPS) is 10.5. The summed E-state index contributed by atoms with van der Waals surface area (Å²) in [6.07, 6.45) is 0. The van der Waals surface area contributed by atoms with Gasteiger partial charge in [0.1, 0.15) is 5.75 Å². The standard InChI is InChI=1S/C10H10N2O/c1-6-4-10(13)8-5-7(11)2-3-9(8)12-6/h2-5H,11H2,1H3,(H,12,13). The Labute approximate surface area is 75.8 Å². The zero-order valence-electron chi connectivity index (χ0n) is 7.28. The van der Waals surface area contributed by atoms with E-state index >= 15 is 0 Å². The van der Waals surface area contributed by atoms with Gasteiger partial charge >= 0.3 is 0 Å². The van der Waals surface area contributed by atoms with Gasteiger partial charge in [-0.3, -0.25) is 4.98 Å². The van der Waals surface area contributed by atoms with Crippen LogP contribution in [0.3, 0.4) is 0 Å². The molecular formula is C10H10N2O. The number of pyridine rings is 1. The third-order valence-corrected chi connectivity index (χ3v) is 1.94. The van der Waals surface area contributed by atoms with Gasteiger partial charge in [-0.15, -0.1) is 0 Å². The van der Waals surface area contributed by atoms with E-state index in [4.69, 9.17) is 5.73 Å². The summed E-state index contributed by atoms with van der Waals surface area (Å²) in [6, 6.07) is 6.92. The second-order valence-electron chi connectivity index (χ2n) is 3.06. The number of aryl methyl sites for hydroxylation is 1. The maximum absolute atomic E-state index is 9.58. The second-order valence-corrected chi connectivity index (χ2v) is 3.06. The highest BCUT2D eigenvalue weighted by Gasteiger charge is 2.01. The van der Waals surface area contributed by atoms with Crippen LogP contribution in [0, 0.1) is 6.92 Å². The van der Waals surface area contributed by atoms with E-state index in [9.17, 15) is 5.11 Å². The molecule has 13 heavy (non-hydrogen) atoms. The Morgan fingerprint density at radius 2 is 2.08 bits per heavy atom. The van der Waals surface area contributed by atoms with Crippen LogP contribution in [0.15, 0.2) is 24.3 Å². The zero-order valence-corrected chi connectivity index (χ0v) is 7.28. The van der Waals surface area contributed by atoms with Gasteiger partial charge in [-0.25, -0.2) is 0 Å². The summed E-state index contributed by atoms with van der Waals surface area (Å²) in [7, 11) is 0. The lowest BCUT2D eigenvalue weighted by atomic mass is 10.1. The third kappa shape index (κ3) is 1.28. The number of anilines is 1.